The maximum Gasteiger partial charge on any atom is 0.231 e. The number of hydrogen-bond donors (Lipinski definition) is 2. The number of hydrogen-bond acceptors (Lipinski definition) is 5. The molecule has 0 unspecified atom stereocenters. The van der Waals surface area contributed by atoms with Gasteiger partial charge in [0.2, 0.25) is 12.7 Å². The van der Waals surface area contributed by atoms with Crippen LogP contribution in [-0.4, -0.2) is 19.2 Å². The van der Waals surface area contributed by atoms with E-state index in [9.17, 15) is 4.79 Å². The number of ether oxygens (including phenoxy) is 2. The van der Waals surface area contributed by atoms with Crippen molar-refractivity contribution in [2.24, 2.45) is 0 Å². The summed E-state index contributed by atoms with van der Waals surface area (Å²) < 4.78 is 10.5. The van der Waals surface area contributed by atoms with Crippen LogP contribution in [0.4, 0.5) is 11.4 Å². The fourth-order valence-electron chi connectivity index (χ4n) is 2.23. The van der Waals surface area contributed by atoms with Crippen molar-refractivity contribution in [1.82, 2.24) is 0 Å². The third-order valence-corrected chi connectivity index (χ3v) is 3.38. The largest absolute Gasteiger partial charge is 0.454 e. The first-order chi connectivity index (χ1) is 11.3. The van der Waals surface area contributed by atoms with Gasteiger partial charge in [-0.05, 0) is 24.3 Å². The Kier molecular flexibility index (Phi) is 4.29. The minimum atomic E-state index is -0.152. The van der Waals surface area contributed by atoms with E-state index in [1.807, 2.05) is 18.2 Å². The number of carbonyl (C=O) groups is 1. The van der Waals surface area contributed by atoms with Gasteiger partial charge in [-0.1, -0.05) is 12.1 Å². The number of rotatable bonds is 5. The molecule has 1 amide bonds. The van der Waals surface area contributed by atoms with Crippen LogP contribution in [0.15, 0.2) is 42.5 Å². The number of nitriles is 1. The maximum atomic E-state index is 12.0. The van der Waals surface area contributed by atoms with Gasteiger partial charge in [-0.15, -0.1) is 0 Å². The van der Waals surface area contributed by atoms with Gasteiger partial charge in [-0.2, -0.15) is 5.26 Å². The average Bonchev–Trinajstić information content (AvgIpc) is 3.03. The predicted octanol–water partition coefficient (Wildman–Crippen LogP) is 2.73. The Bertz CT molecular complexity index is 768. The summed E-state index contributed by atoms with van der Waals surface area (Å²) in [6.45, 7) is 0.708. The minimum absolute atomic E-state index is 0.152. The molecule has 2 aromatic rings. The molecule has 23 heavy (non-hydrogen) atoms. The van der Waals surface area contributed by atoms with E-state index in [2.05, 4.69) is 16.7 Å². The van der Waals surface area contributed by atoms with E-state index in [1.165, 1.54) is 0 Å². The van der Waals surface area contributed by atoms with Crippen LogP contribution in [0.3, 0.4) is 0 Å². The van der Waals surface area contributed by atoms with E-state index in [0.717, 1.165) is 11.4 Å². The first-order valence-electron chi connectivity index (χ1n) is 7.19. The van der Waals surface area contributed by atoms with E-state index in [1.54, 1.807) is 24.3 Å². The molecule has 2 aromatic carbocycles. The number of nitrogens with zero attached hydrogens (tertiary/aromatic N) is 1. The van der Waals surface area contributed by atoms with Gasteiger partial charge < -0.3 is 20.1 Å². The molecule has 116 valence electrons. The second kappa shape index (κ2) is 6.71. The summed E-state index contributed by atoms with van der Waals surface area (Å²) in [5.74, 6) is 1.27. The van der Waals surface area contributed by atoms with Crippen molar-refractivity contribution >= 4 is 17.3 Å². The second-order valence-electron chi connectivity index (χ2n) is 4.95. The molecule has 0 spiro atoms. The van der Waals surface area contributed by atoms with E-state index in [4.69, 9.17) is 14.7 Å². The lowest BCUT2D eigenvalue weighted by Gasteiger charge is -2.09. The van der Waals surface area contributed by atoms with Crippen LogP contribution >= 0.6 is 0 Å². The summed E-state index contributed by atoms with van der Waals surface area (Å²) >= 11 is 0. The van der Waals surface area contributed by atoms with Crippen molar-refractivity contribution in [1.29, 1.82) is 5.26 Å². The van der Waals surface area contributed by atoms with Crippen molar-refractivity contribution < 1.29 is 14.3 Å². The molecule has 1 aliphatic heterocycles. The van der Waals surface area contributed by atoms with Gasteiger partial charge in [0.1, 0.15) is 6.07 Å². The Labute approximate surface area is 133 Å². The molecule has 6 heteroatoms. The molecular formula is C17H15N3O3. The van der Waals surface area contributed by atoms with Crippen molar-refractivity contribution in [2.45, 2.75) is 6.42 Å². The Hall–Kier alpha value is -3.20. The fraction of sp³-hybridized carbons (Fsp3) is 0.176. The molecule has 6 nitrogen and oxygen atoms in total. The molecule has 1 aliphatic rings. The van der Waals surface area contributed by atoms with Gasteiger partial charge in [-0.3, -0.25) is 4.79 Å². The lowest BCUT2D eigenvalue weighted by molar-refractivity contribution is -0.115. The summed E-state index contributed by atoms with van der Waals surface area (Å²) in [6.07, 6.45) is 0.286. The Balaban J connectivity index is 1.51. The summed E-state index contributed by atoms with van der Waals surface area (Å²) in [5.41, 5.74) is 1.84. The number of benzene rings is 2. The third-order valence-electron chi connectivity index (χ3n) is 3.38. The highest BCUT2D eigenvalue weighted by molar-refractivity contribution is 5.92. The molecule has 0 saturated carbocycles. The molecule has 2 N–H and O–H groups in total. The molecular weight excluding hydrogens is 294 g/mol. The van der Waals surface area contributed by atoms with E-state index < -0.39 is 0 Å². The Morgan fingerprint density at radius 2 is 2.00 bits per heavy atom. The first kappa shape index (κ1) is 14.7. The van der Waals surface area contributed by atoms with Crippen molar-refractivity contribution in [3.8, 4) is 17.6 Å². The van der Waals surface area contributed by atoms with Crippen LogP contribution in [0.1, 0.15) is 12.0 Å². The van der Waals surface area contributed by atoms with Crippen LogP contribution in [-0.2, 0) is 4.79 Å². The van der Waals surface area contributed by atoms with Gasteiger partial charge in [0, 0.05) is 24.7 Å². The van der Waals surface area contributed by atoms with E-state index in [0.29, 0.717) is 23.5 Å². The molecule has 0 saturated heterocycles. The van der Waals surface area contributed by atoms with Gasteiger partial charge >= 0.3 is 0 Å². The summed E-state index contributed by atoms with van der Waals surface area (Å²) in [7, 11) is 0. The number of anilines is 2. The normalized spacial score (nSPS) is 11.6. The van der Waals surface area contributed by atoms with Crippen LogP contribution in [0.5, 0.6) is 11.5 Å². The number of carbonyl (C=O) groups excluding carboxylic acids is 1. The average molecular weight is 309 g/mol. The summed E-state index contributed by atoms with van der Waals surface area (Å²) in [5, 5.41) is 14.9. The lowest BCUT2D eigenvalue weighted by Crippen LogP contribution is -2.16. The molecule has 0 bridgehead atoms. The third kappa shape index (κ3) is 3.52. The van der Waals surface area contributed by atoms with Gasteiger partial charge in [-0.25, -0.2) is 0 Å². The first-order valence-corrected chi connectivity index (χ1v) is 7.19. The number of nitrogens with one attached hydrogen (secondary N) is 2. The van der Waals surface area contributed by atoms with Gasteiger partial charge in [0.25, 0.3) is 0 Å². The number of amides is 1. The second-order valence-corrected chi connectivity index (χ2v) is 4.95. The minimum Gasteiger partial charge on any atom is -0.454 e. The molecule has 0 fully saturated rings. The summed E-state index contributed by atoms with van der Waals surface area (Å²) in [4.78, 5) is 12.0. The smallest absolute Gasteiger partial charge is 0.231 e. The van der Waals surface area contributed by atoms with Crippen LogP contribution in [0.2, 0.25) is 0 Å². The highest BCUT2D eigenvalue weighted by Gasteiger charge is 2.13. The van der Waals surface area contributed by atoms with Crippen molar-refractivity contribution in [2.75, 3.05) is 24.0 Å². The number of fused-ring (bicyclic) bond motifs is 1. The SMILES string of the molecule is N#Cc1ccccc1NC(=O)CCNc1ccc2c(c1)OCO2. The molecule has 0 aliphatic carbocycles. The lowest BCUT2D eigenvalue weighted by atomic mass is 10.2. The zero-order valence-corrected chi connectivity index (χ0v) is 12.3. The number of para-hydroxylation sites is 1. The quantitative estimate of drug-likeness (QED) is 0.887. The van der Waals surface area contributed by atoms with E-state index >= 15 is 0 Å². The van der Waals surface area contributed by atoms with Crippen LogP contribution in [0, 0.1) is 11.3 Å². The predicted molar refractivity (Wildman–Crippen MR) is 85.5 cm³/mol. The standard InChI is InChI=1S/C17H15N3O3/c18-10-12-3-1-2-4-14(12)20-17(21)7-8-19-13-5-6-15-16(9-13)23-11-22-15/h1-6,9,19H,7-8,11H2,(H,20,21). The van der Waals surface area contributed by atoms with Crippen molar-refractivity contribution in [3.05, 3.63) is 48.0 Å². The Morgan fingerprint density at radius 3 is 2.87 bits per heavy atom. The van der Waals surface area contributed by atoms with Gasteiger partial charge in [0.15, 0.2) is 11.5 Å². The molecule has 0 aromatic heterocycles. The molecule has 3 rings (SSSR count). The Morgan fingerprint density at radius 1 is 1.17 bits per heavy atom. The monoisotopic (exact) mass is 309 g/mol. The molecule has 1 heterocycles. The highest BCUT2D eigenvalue weighted by atomic mass is 16.7. The van der Waals surface area contributed by atoms with Crippen molar-refractivity contribution in [3.63, 3.8) is 0 Å². The maximum absolute atomic E-state index is 12.0. The highest BCUT2D eigenvalue weighted by Crippen LogP contribution is 2.34. The topological polar surface area (TPSA) is 83.4 Å². The fourth-order valence-corrected chi connectivity index (χ4v) is 2.23. The van der Waals surface area contributed by atoms with E-state index in [-0.39, 0.29) is 19.1 Å². The van der Waals surface area contributed by atoms with Crippen LogP contribution < -0.4 is 20.1 Å². The van der Waals surface area contributed by atoms with Gasteiger partial charge in [0.05, 0.1) is 11.3 Å². The zero-order valence-electron chi connectivity index (χ0n) is 12.3. The van der Waals surface area contributed by atoms with Crippen LogP contribution in [0.25, 0.3) is 0 Å². The molecule has 0 radical (unpaired) electrons. The zero-order chi connectivity index (χ0) is 16.1. The summed E-state index contributed by atoms with van der Waals surface area (Å²) in [6, 6.07) is 14.5. The molecule has 0 atom stereocenters.